The molecule has 0 bridgehead atoms. The molecule has 2 rings (SSSR count). The third-order valence-electron chi connectivity index (χ3n) is 3.58. The minimum Gasteiger partial charge on any atom is -0.478 e. The second-order valence-electron chi connectivity index (χ2n) is 5.09. The third kappa shape index (κ3) is 4.38. The summed E-state index contributed by atoms with van der Waals surface area (Å²) >= 11 is 6.08. The number of hydrogen-bond donors (Lipinski definition) is 1. The highest BCUT2D eigenvalue weighted by Crippen LogP contribution is 2.21. The van der Waals surface area contributed by atoms with Crippen LogP contribution in [0.15, 0.2) is 36.4 Å². The van der Waals surface area contributed by atoms with E-state index in [4.69, 9.17) is 16.3 Å². The smallest absolute Gasteiger partial charge is 0.275 e. The number of nitrogens with zero attached hydrogens (tertiary/aromatic N) is 2. The lowest BCUT2D eigenvalue weighted by Gasteiger charge is -2.21. The standard InChI is InChI=1S/C18H22ClN3O2/c1-4-22(5-2)14-9-7-13(8-10-14)20-18(23)17-15(19)11-12-16(21-17)24-6-3/h7-12H,4-6H2,1-3H3,(H,20,23). The Hall–Kier alpha value is -2.27. The van der Waals surface area contributed by atoms with Crippen molar-refractivity contribution < 1.29 is 9.53 Å². The lowest BCUT2D eigenvalue weighted by Crippen LogP contribution is -2.21. The molecule has 0 atom stereocenters. The zero-order valence-electron chi connectivity index (χ0n) is 14.2. The lowest BCUT2D eigenvalue weighted by molar-refractivity contribution is 0.102. The van der Waals surface area contributed by atoms with E-state index in [2.05, 4.69) is 29.0 Å². The summed E-state index contributed by atoms with van der Waals surface area (Å²) in [6, 6.07) is 10.9. The van der Waals surface area contributed by atoms with Gasteiger partial charge in [0.25, 0.3) is 5.91 Å². The van der Waals surface area contributed by atoms with Crippen molar-refractivity contribution in [2.45, 2.75) is 20.8 Å². The summed E-state index contributed by atoms with van der Waals surface area (Å²) in [6.45, 7) is 8.42. The second-order valence-corrected chi connectivity index (χ2v) is 5.49. The van der Waals surface area contributed by atoms with E-state index < -0.39 is 0 Å². The van der Waals surface area contributed by atoms with Crippen molar-refractivity contribution >= 4 is 28.9 Å². The Labute approximate surface area is 147 Å². The highest BCUT2D eigenvalue weighted by Gasteiger charge is 2.14. The number of hydrogen-bond acceptors (Lipinski definition) is 4. The number of amides is 1. The summed E-state index contributed by atoms with van der Waals surface area (Å²) < 4.78 is 5.31. The highest BCUT2D eigenvalue weighted by atomic mass is 35.5. The molecule has 1 aromatic heterocycles. The molecular formula is C18H22ClN3O2. The Kier molecular flexibility index (Phi) is 6.44. The molecule has 5 nitrogen and oxygen atoms in total. The summed E-state index contributed by atoms with van der Waals surface area (Å²) in [4.78, 5) is 18.8. The van der Waals surface area contributed by atoms with Crippen molar-refractivity contribution in [2.24, 2.45) is 0 Å². The molecule has 24 heavy (non-hydrogen) atoms. The number of aromatic nitrogens is 1. The molecular weight excluding hydrogens is 326 g/mol. The average molecular weight is 348 g/mol. The molecule has 1 heterocycles. The van der Waals surface area contributed by atoms with Crippen LogP contribution in [0, 0.1) is 0 Å². The SMILES string of the molecule is CCOc1ccc(Cl)c(C(=O)Nc2ccc(N(CC)CC)cc2)n1. The number of nitrogens with one attached hydrogen (secondary N) is 1. The number of benzene rings is 1. The normalized spacial score (nSPS) is 10.3. The van der Waals surface area contributed by atoms with Crippen LogP contribution in [-0.4, -0.2) is 30.6 Å². The fraction of sp³-hybridized carbons (Fsp3) is 0.333. The Morgan fingerprint density at radius 2 is 1.79 bits per heavy atom. The molecule has 0 saturated carbocycles. The third-order valence-corrected chi connectivity index (χ3v) is 3.89. The zero-order valence-corrected chi connectivity index (χ0v) is 14.9. The molecule has 0 aliphatic rings. The number of ether oxygens (including phenoxy) is 1. The topological polar surface area (TPSA) is 54.5 Å². The van der Waals surface area contributed by atoms with Gasteiger partial charge in [0.2, 0.25) is 5.88 Å². The van der Waals surface area contributed by atoms with E-state index in [-0.39, 0.29) is 16.6 Å². The van der Waals surface area contributed by atoms with E-state index in [0.717, 1.165) is 18.8 Å². The Balaban J connectivity index is 2.13. The number of pyridine rings is 1. The first kappa shape index (κ1) is 18.1. The predicted molar refractivity (Wildman–Crippen MR) is 98.4 cm³/mol. The Bertz CT molecular complexity index is 685. The van der Waals surface area contributed by atoms with Gasteiger partial charge < -0.3 is 15.0 Å². The van der Waals surface area contributed by atoms with Gasteiger partial charge in [-0.1, -0.05) is 11.6 Å². The van der Waals surface area contributed by atoms with Crippen LogP contribution in [-0.2, 0) is 0 Å². The zero-order chi connectivity index (χ0) is 17.5. The van der Waals surface area contributed by atoms with Crippen LogP contribution in [0.25, 0.3) is 0 Å². The number of rotatable bonds is 7. The molecule has 0 radical (unpaired) electrons. The number of carbonyl (C=O) groups excluding carboxylic acids is 1. The van der Waals surface area contributed by atoms with Gasteiger partial charge in [0.1, 0.15) is 0 Å². The van der Waals surface area contributed by atoms with Crippen LogP contribution < -0.4 is 15.0 Å². The molecule has 0 aliphatic heterocycles. The predicted octanol–water partition coefficient (Wildman–Crippen LogP) is 4.23. The Morgan fingerprint density at radius 3 is 2.38 bits per heavy atom. The molecule has 0 aliphatic carbocycles. The van der Waals surface area contributed by atoms with E-state index in [1.807, 2.05) is 31.2 Å². The van der Waals surface area contributed by atoms with Crippen LogP contribution in [0.5, 0.6) is 5.88 Å². The maximum atomic E-state index is 12.4. The molecule has 2 aromatic rings. The van der Waals surface area contributed by atoms with Gasteiger partial charge in [-0.3, -0.25) is 4.79 Å². The van der Waals surface area contributed by atoms with Crippen LogP contribution in [0.4, 0.5) is 11.4 Å². The van der Waals surface area contributed by atoms with Gasteiger partial charge in [-0.25, -0.2) is 4.98 Å². The number of anilines is 2. The van der Waals surface area contributed by atoms with Crippen molar-refractivity contribution in [1.29, 1.82) is 0 Å². The van der Waals surface area contributed by atoms with Crippen LogP contribution in [0.2, 0.25) is 5.02 Å². The molecule has 0 spiro atoms. The van der Waals surface area contributed by atoms with E-state index in [1.54, 1.807) is 12.1 Å². The second kappa shape index (κ2) is 8.55. The number of carbonyl (C=O) groups is 1. The van der Waals surface area contributed by atoms with Gasteiger partial charge in [0.15, 0.2) is 5.69 Å². The fourth-order valence-electron chi connectivity index (χ4n) is 2.35. The summed E-state index contributed by atoms with van der Waals surface area (Å²) in [6.07, 6.45) is 0. The molecule has 1 N–H and O–H groups in total. The Morgan fingerprint density at radius 1 is 1.12 bits per heavy atom. The van der Waals surface area contributed by atoms with Crippen LogP contribution >= 0.6 is 11.6 Å². The fourth-order valence-corrected chi connectivity index (χ4v) is 2.54. The lowest BCUT2D eigenvalue weighted by atomic mass is 10.2. The molecule has 6 heteroatoms. The first-order valence-corrected chi connectivity index (χ1v) is 8.42. The average Bonchev–Trinajstić information content (AvgIpc) is 2.59. The summed E-state index contributed by atoms with van der Waals surface area (Å²) in [5.41, 5.74) is 1.96. The minimum atomic E-state index is -0.364. The summed E-state index contributed by atoms with van der Waals surface area (Å²) in [5, 5.41) is 3.10. The molecule has 0 fully saturated rings. The molecule has 128 valence electrons. The van der Waals surface area contributed by atoms with Crippen LogP contribution in [0.3, 0.4) is 0 Å². The minimum absolute atomic E-state index is 0.149. The van der Waals surface area contributed by atoms with Gasteiger partial charge in [-0.05, 0) is 51.1 Å². The maximum Gasteiger partial charge on any atom is 0.275 e. The van der Waals surface area contributed by atoms with Crippen LogP contribution in [0.1, 0.15) is 31.3 Å². The first-order chi connectivity index (χ1) is 11.6. The van der Waals surface area contributed by atoms with Crippen molar-refractivity contribution in [3.63, 3.8) is 0 Å². The molecule has 1 amide bonds. The van der Waals surface area contributed by atoms with E-state index >= 15 is 0 Å². The van der Waals surface area contributed by atoms with Gasteiger partial charge in [0.05, 0.1) is 11.6 Å². The molecule has 0 unspecified atom stereocenters. The quantitative estimate of drug-likeness (QED) is 0.814. The summed E-state index contributed by atoms with van der Waals surface area (Å²) in [7, 11) is 0. The van der Waals surface area contributed by atoms with E-state index in [1.165, 1.54) is 0 Å². The van der Waals surface area contributed by atoms with E-state index in [0.29, 0.717) is 18.2 Å². The highest BCUT2D eigenvalue weighted by molar-refractivity contribution is 6.34. The van der Waals surface area contributed by atoms with Gasteiger partial charge in [-0.2, -0.15) is 0 Å². The molecule has 0 saturated heterocycles. The molecule has 1 aromatic carbocycles. The van der Waals surface area contributed by atoms with Crippen molar-refractivity contribution in [3.8, 4) is 5.88 Å². The monoisotopic (exact) mass is 347 g/mol. The summed E-state index contributed by atoms with van der Waals surface area (Å²) in [5.74, 6) is 0.0149. The van der Waals surface area contributed by atoms with Gasteiger partial charge in [-0.15, -0.1) is 0 Å². The van der Waals surface area contributed by atoms with Crippen molar-refractivity contribution in [1.82, 2.24) is 4.98 Å². The number of halogens is 1. The van der Waals surface area contributed by atoms with Gasteiger partial charge >= 0.3 is 0 Å². The van der Waals surface area contributed by atoms with Crippen molar-refractivity contribution in [3.05, 3.63) is 47.1 Å². The maximum absolute atomic E-state index is 12.4. The van der Waals surface area contributed by atoms with Gasteiger partial charge in [0, 0.05) is 30.5 Å². The largest absolute Gasteiger partial charge is 0.478 e. The van der Waals surface area contributed by atoms with E-state index in [9.17, 15) is 4.79 Å². The van der Waals surface area contributed by atoms with Crippen molar-refractivity contribution in [2.75, 3.05) is 29.9 Å². The first-order valence-electron chi connectivity index (χ1n) is 8.04.